The number of aryl methyl sites for hydroxylation is 1. The maximum absolute atomic E-state index is 5.80. The van der Waals surface area contributed by atoms with Crippen molar-refractivity contribution in [3.05, 3.63) is 12.1 Å². The van der Waals surface area contributed by atoms with E-state index in [0.717, 1.165) is 5.03 Å². The van der Waals surface area contributed by atoms with Gasteiger partial charge in [-0.1, -0.05) is 0 Å². The van der Waals surface area contributed by atoms with Gasteiger partial charge in [-0.2, -0.15) is 0 Å². The number of hydrogen-bond donors (Lipinski definition) is 1. The lowest BCUT2D eigenvalue weighted by Crippen LogP contribution is -2.09. The zero-order valence-corrected chi connectivity index (χ0v) is 11.2. The maximum atomic E-state index is 5.80. The summed E-state index contributed by atoms with van der Waals surface area (Å²) < 4.78 is 7.10. The summed E-state index contributed by atoms with van der Waals surface area (Å²) in [6.07, 6.45) is 0.0246. The molecule has 0 aliphatic rings. The van der Waals surface area contributed by atoms with E-state index in [0.29, 0.717) is 16.7 Å². The summed E-state index contributed by atoms with van der Waals surface area (Å²) in [7, 11) is 1.77. The molecule has 2 heterocycles. The number of nitrogen functional groups attached to an aromatic ring is 1. The molecule has 0 saturated carbocycles. The minimum Gasteiger partial charge on any atom is -0.473 e. The number of tetrazole rings is 1. The van der Waals surface area contributed by atoms with Gasteiger partial charge in [0.2, 0.25) is 11.0 Å². The molecule has 0 aliphatic carbocycles. The first-order chi connectivity index (χ1) is 8.56. The Balaban J connectivity index is 2.22. The minimum atomic E-state index is 0.0246. The second kappa shape index (κ2) is 5.21. The van der Waals surface area contributed by atoms with Crippen molar-refractivity contribution < 1.29 is 4.74 Å². The molecule has 18 heavy (non-hydrogen) atoms. The topological polar surface area (TPSA) is 91.7 Å². The monoisotopic (exact) mass is 266 g/mol. The molecule has 0 radical (unpaired) electrons. The van der Waals surface area contributed by atoms with Crippen molar-refractivity contribution in [2.45, 2.75) is 30.1 Å². The molecule has 96 valence electrons. The summed E-state index contributed by atoms with van der Waals surface area (Å²) in [4.78, 5) is 4.34. The molecule has 0 fully saturated rings. The van der Waals surface area contributed by atoms with Crippen LogP contribution in [0.4, 0.5) is 5.69 Å². The van der Waals surface area contributed by atoms with Crippen LogP contribution in [0.5, 0.6) is 5.88 Å². The second-order valence-corrected chi connectivity index (χ2v) is 4.89. The fourth-order valence-electron chi connectivity index (χ4n) is 1.21. The highest BCUT2D eigenvalue weighted by molar-refractivity contribution is 7.99. The lowest BCUT2D eigenvalue weighted by Gasteiger charge is -2.11. The highest BCUT2D eigenvalue weighted by atomic mass is 32.2. The molecule has 0 spiro atoms. The third-order valence-corrected chi connectivity index (χ3v) is 2.95. The van der Waals surface area contributed by atoms with Gasteiger partial charge in [-0.05, 0) is 48.2 Å². The van der Waals surface area contributed by atoms with Gasteiger partial charge in [0.25, 0.3) is 0 Å². The van der Waals surface area contributed by atoms with Gasteiger partial charge in [0.15, 0.2) is 0 Å². The van der Waals surface area contributed by atoms with E-state index in [1.807, 2.05) is 19.9 Å². The average Bonchev–Trinajstić information content (AvgIpc) is 2.69. The highest BCUT2D eigenvalue weighted by Crippen LogP contribution is 2.28. The Morgan fingerprint density at radius 1 is 1.39 bits per heavy atom. The molecule has 0 atom stereocenters. The van der Waals surface area contributed by atoms with Crippen LogP contribution in [0, 0.1) is 0 Å². The standard InChI is InChI=1S/C10H14N6OS/c1-6(2)17-9-7(11)4-5-8(12-9)18-10-13-14-15-16(10)3/h4-6H,11H2,1-3H3. The number of rotatable bonds is 4. The van der Waals surface area contributed by atoms with Crippen LogP contribution in [0.1, 0.15) is 13.8 Å². The molecular formula is C10H14N6OS. The molecular weight excluding hydrogens is 252 g/mol. The SMILES string of the molecule is CC(C)Oc1nc(Sc2nnnn2C)ccc1N. The largest absolute Gasteiger partial charge is 0.473 e. The Morgan fingerprint density at radius 2 is 2.17 bits per heavy atom. The number of aromatic nitrogens is 5. The normalized spacial score (nSPS) is 10.9. The first-order valence-electron chi connectivity index (χ1n) is 5.39. The minimum absolute atomic E-state index is 0.0246. The van der Waals surface area contributed by atoms with Crippen LogP contribution in [-0.2, 0) is 7.05 Å². The Kier molecular flexibility index (Phi) is 3.66. The Bertz CT molecular complexity index is 541. The van der Waals surface area contributed by atoms with Gasteiger partial charge >= 0.3 is 0 Å². The molecule has 0 unspecified atom stereocenters. The van der Waals surface area contributed by atoms with Crippen LogP contribution in [0.3, 0.4) is 0 Å². The van der Waals surface area contributed by atoms with Crippen molar-refractivity contribution in [3.63, 3.8) is 0 Å². The summed E-state index contributed by atoms with van der Waals surface area (Å²) in [5.74, 6) is 0.435. The first kappa shape index (κ1) is 12.6. The van der Waals surface area contributed by atoms with E-state index >= 15 is 0 Å². The third-order valence-electron chi connectivity index (χ3n) is 1.99. The molecule has 8 heteroatoms. The third kappa shape index (κ3) is 2.89. The van der Waals surface area contributed by atoms with Crippen molar-refractivity contribution in [2.24, 2.45) is 7.05 Å². The molecule has 0 amide bonds. The molecule has 0 bridgehead atoms. The van der Waals surface area contributed by atoms with Crippen LogP contribution < -0.4 is 10.5 Å². The summed E-state index contributed by atoms with van der Waals surface area (Å²) in [5.41, 5.74) is 6.32. The Labute approximate surface area is 109 Å². The van der Waals surface area contributed by atoms with E-state index in [4.69, 9.17) is 10.5 Å². The van der Waals surface area contributed by atoms with Crippen LogP contribution in [-0.4, -0.2) is 31.3 Å². The highest BCUT2D eigenvalue weighted by Gasteiger charge is 2.10. The van der Waals surface area contributed by atoms with Crippen LogP contribution in [0.15, 0.2) is 22.3 Å². The van der Waals surface area contributed by atoms with Gasteiger partial charge in [-0.15, -0.1) is 5.10 Å². The van der Waals surface area contributed by atoms with E-state index in [1.165, 1.54) is 11.8 Å². The lowest BCUT2D eigenvalue weighted by molar-refractivity contribution is 0.232. The number of hydrogen-bond acceptors (Lipinski definition) is 7. The van der Waals surface area contributed by atoms with Gasteiger partial charge < -0.3 is 10.5 Å². The quantitative estimate of drug-likeness (QED) is 0.886. The molecule has 0 aromatic carbocycles. The number of anilines is 1. The van der Waals surface area contributed by atoms with Crippen LogP contribution in [0.2, 0.25) is 0 Å². The van der Waals surface area contributed by atoms with Crippen molar-refractivity contribution in [1.82, 2.24) is 25.2 Å². The summed E-state index contributed by atoms with van der Waals surface area (Å²) in [5, 5.41) is 12.6. The van der Waals surface area contributed by atoms with Crippen molar-refractivity contribution >= 4 is 17.4 Å². The summed E-state index contributed by atoms with van der Waals surface area (Å²) in [6, 6.07) is 3.57. The molecule has 0 saturated heterocycles. The number of nitrogens with two attached hydrogens (primary N) is 1. The second-order valence-electron chi connectivity index (χ2n) is 3.90. The Hall–Kier alpha value is -1.83. The summed E-state index contributed by atoms with van der Waals surface area (Å²) in [6.45, 7) is 3.85. The smallest absolute Gasteiger partial charge is 0.238 e. The van der Waals surface area contributed by atoms with E-state index in [-0.39, 0.29) is 6.10 Å². The van der Waals surface area contributed by atoms with Crippen molar-refractivity contribution in [2.75, 3.05) is 5.73 Å². The van der Waals surface area contributed by atoms with Gasteiger partial charge in [0, 0.05) is 7.05 Å². The zero-order valence-electron chi connectivity index (χ0n) is 10.4. The lowest BCUT2D eigenvalue weighted by atomic mass is 10.4. The number of nitrogens with zero attached hydrogens (tertiary/aromatic N) is 5. The average molecular weight is 266 g/mol. The maximum Gasteiger partial charge on any atom is 0.238 e. The van der Waals surface area contributed by atoms with Gasteiger partial charge in [0.1, 0.15) is 5.03 Å². The molecule has 2 aromatic rings. The Morgan fingerprint density at radius 3 is 2.78 bits per heavy atom. The fourth-order valence-corrected chi connectivity index (χ4v) is 1.91. The van der Waals surface area contributed by atoms with E-state index in [2.05, 4.69) is 20.5 Å². The molecule has 2 rings (SSSR count). The van der Waals surface area contributed by atoms with Crippen molar-refractivity contribution in [3.8, 4) is 5.88 Å². The first-order valence-corrected chi connectivity index (χ1v) is 6.21. The molecule has 7 nitrogen and oxygen atoms in total. The fraction of sp³-hybridized carbons (Fsp3) is 0.400. The molecule has 0 aliphatic heterocycles. The zero-order chi connectivity index (χ0) is 13.1. The van der Waals surface area contributed by atoms with E-state index in [9.17, 15) is 0 Å². The predicted octanol–water partition coefficient (Wildman–Crippen LogP) is 1.13. The van der Waals surface area contributed by atoms with E-state index in [1.54, 1.807) is 17.8 Å². The van der Waals surface area contributed by atoms with Crippen molar-refractivity contribution in [1.29, 1.82) is 0 Å². The molecule has 2 aromatic heterocycles. The van der Waals surface area contributed by atoms with Gasteiger partial charge in [-0.25, -0.2) is 9.67 Å². The van der Waals surface area contributed by atoms with Gasteiger partial charge in [0.05, 0.1) is 11.8 Å². The van der Waals surface area contributed by atoms with Crippen LogP contribution in [0.25, 0.3) is 0 Å². The molecule has 2 N–H and O–H groups in total. The predicted molar refractivity (Wildman–Crippen MR) is 67.3 cm³/mol. The van der Waals surface area contributed by atoms with Gasteiger partial charge in [-0.3, -0.25) is 0 Å². The number of pyridine rings is 1. The van der Waals surface area contributed by atoms with E-state index < -0.39 is 0 Å². The number of ether oxygens (including phenoxy) is 1. The van der Waals surface area contributed by atoms with Crippen LogP contribution >= 0.6 is 11.8 Å². The summed E-state index contributed by atoms with van der Waals surface area (Å²) >= 11 is 1.35.